The minimum Gasteiger partial charge on any atom is -0.349 e. The van der Waals surface area contributed by atoms with E-state index in [2.05, 4.69) is 10.6 Å². The lowest BCUT2D eigenvalue weighted by Crippen LogP contribution is -2.36. The van der Waals surface area contributed by atoms with Crippen molar-refractivity contribution in [3.05, 3.63) is 69.7 Å². The first-order valence-corrected chi connectivity index (χ1v) is 8.82. The fraction of sp³-hybridized carbons (Fsp3) is 0.316. The summed E-state index contributed by atoms with van der Waals surface area (Å²) < 4.78 is 0. The van der Waals surface area contributed by atoms with Crippen molar-refractivity contribution in [3.8, 4) is 0 Å². The molecule has 1 saturated heterocycles. The molecular formula is C19H20Cl2N2O. The molecule has 1 amide bonds. The highest BCUT2D eigenvalue weighted by atomic mass is 35.5. The number of amides is 1. The van der Waals surface area contributed by atoms with Gasteiger partial charge in [0.05, 0.1) is 12.0 Å². The minimum atomic E-state index is -0.134. The monoisotopic (exact) mass is 362 g/mol. The van der Waals surface area contributed by atoms with Crippen molar-refractivity contribution in [1.29, 1.82) is 0 Å². The van der Waals surface area contributed by atoms with Gasteiger partial charge >= 0.3 is 0 Å². The molecule has 3 atom stereocenters. The Kier molecular flexibility index (Phi) is 5.44. The van der Waals surface area contributed by atoms with E-state index in [1.165, 1.54) is 0 Å². The molecule has 1 aliphatic rings. The van der Waals surface area contributed by atoms with E-state index in [9.17, 15) is 4.79 Å². The van der Waals surface area contributed by atoms with Crippen LogP contribution in [0.4, 0.5) is 0 Å². The molecule has 0 saturated carbocycles. The van der Waals surface area contributed by atoms with Gasteiger partial charge in [0.15, 0.2) is 0 Å². The summed E-state index contributed by atoms with van der Waals surface area (Å²) in [5.41, 5.74) is 2.10. The summed E-state index contributed by atoms with van der Waals surface area (Å²) in [7, 11) is 0. The van der Waals surface area contributed by atoms with Crippen molar-refractivity contribution >= 4 is 29.1 Å². The molecule has 1 heterocycles. The van der Waals surface area contributed by atoms with E-state index in [0.717, 1.165) is 17.7 Å². The summed E-state index contributed by atoms with van der Waals surface area (Å²) >= 11 is 12.2. The number of benzene rings is 2. The van der Waals surface area contributed by atoms with Gasteiger partial charge in [-0.1, -0.05) is 53.5 Å². The SMILES string of the molecule is CC(NC(=O)C1CNCC1c1cc(Cl)cc(Cl)c1)c1ccccc1. The molecule has 0 spiro atoms. The number of halogens is 2. The number of carbonyl (C=O) groups is 1. The lowest BCUT2D eigenvalue weighted by atomic mass is 9.88. The van der Waals surface area contributed by atoms with Crippen LogP contribution in [0.1, 0.15) is 30.0 Å². The Bertz CT molecular complexity index is 700. The fourth-order valence-corrected chi connectivity index (χ4v) is 3.78. The molecule has 2 N–H and O–H groups in total. The molecule has 1 fully saturated rings. The van der Waals surface area contributed by atoms with Crippen molar-refractivity contribution in [2.45, 2.75) is 18.9 Å². The first kappa shape index (κ1) is 17.3. The molecule has 0 radical (unpaired) electrons. The Hall–Kier alpha value is -1.55. The third-order valence-corrected chi connectivity index (χ3v) is 4.96. The van der Waals surface area contributed by atoms with Crippen LogP contribution < -0.4 is 10.6 Å². The molecule has 126 valence electrons. The van der Waals surface area contributed by atoms with E-state index in [4.69, 9.17) is 23.2 Å². The van der Waals surface area contributed by atoms with Gasteiger partial charge in [-0.25, -0.2) is 0 Å². The average molecular weight is 363 g/mol. The second-order valence-electron chi connectivity index (χ2n) is 6.21. The lowest BCUT2D eigenvalue weighted by molar-refractivity contribution is -0.125. The maximum atomic E-state index is 12.8. The first-order valence-electron chi connectivity index (χ1n) is 8.06. The highest BCUT2D eigenvalue weighted by molar-refractivity contribution is 6.34. The molecule has 2 aromatic rings. The zero-order chi connectivity index (χ0) is 17.1. The van der Waals surface area contributed by atoms with Crippen LogP contribution in [0.5, 0.6) is 0 Å². The van der Waals surface area contributed by atoms with Crippen LogP contribution in [-0.2, 0) is 4.79 Å². The summed E-state index contributed by atoms with van der Waals surface area (Å²) in [5.74, 6) is -0.00711. The quantitative estimate of drug-likeness (QED) is 0.856. The molecule has 5 heteroatoms. The Labute approximate surface area is 152 Å². The molecule has 0 aromatic heterocycles. The van der Waals surface area contributed by atoms with Crippen molar-refractivity contribution < 1.29 is 4.79 Å². The summed E-state index contributed by atoms with van der Waals surface area (Å²) in [4.78, 5) is 12.8. The van der Waals surface area contributed by atoms with Gasteiger partial charge in [0.25, 0.3) is 0 Å². The van der Waals surface area contributed by atoms with Gasteiger partial charge in [-0.15, -0.1) is 0 Å². The molecule has 3 unspecified atom stereocenters. The highest BCUT2D eigenvalue weighted by Gasteiger charge is 2.34. The van der Waals surface area contributed by atoms with E-state index in [1.54, 1.807) is 6.07 Å². The van der Waals surface area contributed by atoms with Crippen molar-refractivity contribution in [2.75, 3.05) is 13.1 Å². The zero-order valence-corrected chi connectivity index (χ0v) is 14.9. The summed E-state index contributed by atoms with van der Waals surface area (Å²) in [6.45, 7) is 3.40. The van der Waals surface area contributed by atoms with Gasteiger partial charge in [0.2, 0.25) is 5.91 Å². The molecule has 3 nitrogen and oxygen atoms in total. The van der Waals surface area contributed by atoms with Crippen LogP contribution in [0.3, 0.4) is 0 Å². The third kappa shape index (κ3) is 3.92. The second-order valence-corrected chi connectivity index (χ2v) is 7.09. The van der Waals surface area contributed by atoms with E-state index in [1.807, 2.05) is 49.4 Å². The number of nitrogens with one attached hydrogen (secondary N) is 2. The van der Waals surface area contributed by atoms with Crippen LogP contribution in [0, 0.1) is 5.92 Å². The maximum Gasteiger partial charge on any atom is 0.225 e. The molecular weight excluding hydrogens is 343 g/mol. The van der Waals surface area contributed by atoms with Crippen LogP contribution in [0.25, 0.3) is 0 Å². The van der Waals surface area contributed by atoms with Crippen molar-refractivity contribution in [3.63, 3.8) is 0 Å². The van der Waals surface area contributed by atoms with Crippen molar-refractivity contribution in [1.82, 2.24) is 10.6 Å². The zero-order valence-electron chi connectivity index (χ0n) is 13.4. The average Bonchev–Trinajstić information content (AvgIpc) is 3.04. The fourth-order valence-electron chi connectivity index (χ4n) is 3.24. The van der Waals surface area contributed by atoms with Gasteiger partial charge in [-0.2, -0.15) is 0 Å². The summed E-state index contributed by atoms with van der Waals surface area (Å²) in [6, 6.07) is 15.4. The predicted molar refractivity (Wildman–Crippen MR) is 98.6 cm³/mol. The van der Waals surface area contributed by atoms with Gasteiger partial charge in [0.1, 0.15) is 0 Å². The number of rotatable bonds is 4. The van der Waals surface area contributed by atoms with Crippen molar-refractivity contribution in [2.24, 2.45) is 5.92 Å². The standard InChI is InChI=1S/C19H20Cl2N2O/c1-12(13-5-3-2-4-6-13)23-19(24)18-11-22-10-17(18)14-7-15(20)9-16(21)8-14/h2-9,12,17-18,22H,10-11H2,1H3,(H,23,24). The summed E-state index contributed by atoms with van der Waals surface area (Å²) in [6.07, 6.45) is 0. The van der Waals surface area contributed by atoms with E-state index in [0.29, 0.717) is 16.6 Å². The Morgan fingerprint density at radius 2 is 1.79 bits per heavy atom. The van der Waals surface area contributed by atoms with Gasteiger partial charge in [-0.05, 0) is 36.2 Å². The summed E-state index contributed by atoms with van der Waals surface area (Å²) in [5, 5.41) is 7.63. The smallest absolute Gasteiger partial charge is 0.225 e. The third-order valence-electron chi connectivity index (χ3n) is 4.52. The van der Waals surface area contributed by atoms with E-state index < -0.39 is 0 Å². The largest absolute Gasteiger partial charge is 0.349 e. The molecule has 24 heavy (non-hydrogen) atoms. The highest BCUT2D eigenvalue weighted by Crippen LogP contribution is 2.32. The first-order chi connectivity index (χ1) is 11.5. The van der Waals surface area contributed by atoms with Gasteiger partial charge < -0.3 is 10.6 Å². The van der Waals surface area contributed by atoms with E-state index in [-0.39, 0.29) is 23.8 Å². The van der Waals surface area contributed by atoms with Crippen LogP contribution in [0.15, 0.2) is 48.5 Å². The van der Waals surface area contributed by atoms with E-state index >= 15 is 0 Å². The number of hydrogen-bond acceptors (Lipinski definition) is 2. The minimum absolute atomic E-state index is 0.0251. The van der Waals surface area contributed by atoms with Gasteiger partial charge in [0, 0.05) is 29.1 Å². The maximum absolute atomic E-state index is 12.8. The van der Waals surface area contributed by atoms with Crippen LogP contribution >= 0.6 is 23.2 Å². The molecule has 2 aromatic carbocycles. The lowest BCUT2D eigenvalue weighted by Gasteiger charge is -2.22. The van der Waals surface area contributed by atoms with Crippen LogP contribution in [-0.4, -0.2) is 19.0 Å². The Morgan fingerprint density at radius 3 is 2.46 bits per heavy atom. The normalized spacial score (nSPS) is 21.5. The molecule has 0 aliphatic carbocycles. The topological polar surface area (TPSA) is 41.1 Å². The molecule has 1 aliphatic heterocycles. The molecule has 0 bridgehead atoms. The Morgan fingerprint density at radius 1 is 1.12 bits per heavy atom. The Balaban J connectivity index is 1.74. The van der Waals surface area contributed by atoms with Crippen LogP contribution in [0.2, 0.25) is 10.0 Å². The number of carbonyl (C=O) groups excluding carboxylic acids is 1. The second kappa shape index (κ2) is 7.56. The molecule has 3 rings (SSSR count). The predicted octanol–water partition coefficient (Wildman–Crippen LogP) is 4.17. The number of hydrogen-bond donors (Lipinski definition) is 2. The van der Waals surface area contributed by atoms with Gasteiger partial charge in [-0.3, -0.25) is 4.79 Å².